The van der Waals surface area contributed by atoms with E-state index in [2.05, 4.69) is 14.8 Å². The molecule has 1 N–H and O–H groups in total. The molecule has 0 radical (unpaired) electrons. The first-order valence-corrected chi connectivity index (χ1v) is 5.98. The largest absolute Gasteiger partial charge is 0.573 e. The average molecular weight is 316 g/mol. The minimum atomic E-state index is -4.82. The number of ether oxygens (including phenoxy) is 2. The second-order valence-electron chi connectivity index (χ2n) is 3.91. The second kappa shape index (κ2) is 7.87. The van der Waals surface area contributed by atoms with Crippen LogP contribution in [0.3, 0.4) is 0 Å². The van der Waals surface area contributed by atoms with Gasteiger partial charge in [0.1, 0.15) is 5.75 Å². The highest BCUT2D eigenvalue weighted by Crippen LogP contribution is 2.22. The smallest absolute Gasteiger partial charge is 0.452 e. The number of nitrogens with zero attached hydrogens (tertiary/aromatic N) is 1. The van der Waals surface area contributed by atoms with Crippen molar-refractivity contribution in [3.05, 3.63) is 29.8 Å². The number of carbonyl (C=O) groups excluding carboxylic acids is 2. The quantitative estimate of drug-likeness (QED) is 0.638. The molecule has 1 amide bonds. The average Bonchev–Trinajstić information content (AvgIpc) is 2.44. The lowest BCUT2D eigenvalue weighted by atomic mass is 10.2. The molecule has 1 rings (SSSR count). The normalized spacial score (nSPS) is 10.5. The Balaban J connectivity index is 2.46. The first-order chi connectivity index (χ1) is 10.3. The van der Waals surface area contributed by atoms with Crippen molar-refractivity contribution in [1.29, 1.82) is 5.26 Å². The molecule has 1 aromatic carbocycles. The Morgan fingerprint density at radius 2 is 1.86 bits per heavy atom. The fourth-order valence-corrected chi connectivity index (χ4v) is 1.32. The molecule has 0 bridgehead atoms. The number of benzene rings is 1. The zero-order valence-corrected chi connectivity index (χ0v) is 11.1. The van der Waals surface area contributed by atoms with Gasteiger partial charge in [-0.2, -0.15) is 5.26 Å². The van der Waals surface area contributed by atoms with E-state index in [1.165, 1.54) is 0 Å². The topological polar surface area (TPSA) is 88.4 Å². The Hall–Kier alpha value is -2.76. The molecule has 1 aromatic rings. The molecule has 0 heterocycles. The number of rotatable bonds is 6. The van der Waals surface area contributed by atoms with Crippen LogP contribution in [0.2, 0.25) is 0 Å². The number of halogens is 3. The van der Waals surface area contributed by atoms with E-state index in [0.29, 0.717) is 0 Å². The predicted octanol–water partition coefficient (Wildman–Crippen LogP) is 1.77. The van der Waals surface area contributed by atoms with Gasteiger partial charge >= 0.3 is 12.3 Å². The lowest BCUT2D eigenvalue weighted by Gasteiger charge is -2.09. The summed E-state index contributed by atoms with van der Waals surface area (Å²) in [4.78, 5) is 22.8. The standard InChI is InChI=1S/C13H11F3N2O4/c14-13(15,16)22-10-4-2-9(3-5-10)12(20)21-8-11(19)18-7-1-6-17/h2-5H,1,7-8H2,(H,18,19). The molecule has 0 aliphatic heterocycles. The van der Waals surface area contributed by atoms with Gasteiger partial charge in [-0.15, -0.1) is 13.2 Å². The zero-order valence-electron chi connectivity index (χ0n) is 11.1. The summed E-state index contributed by atoms with van der Waals surface area (Å²) in [7, 11) is 0. The van der Waals surface area contributed by atoms with Crippen molar-refractivity contribution in [2.24, 2.45) is 0 Å². The fraction of sp³-hybridized carbons (Fsp3) is 0.308. The summed E-state index contributed by atoms with van der Waals surface area (Å²) in [5, 5.41) is 10.6. The van der Waals surface area contributed by atoms with Crippen LogP contribution in [-0.2, 0) is 9.53 Å². The number of nitriles is 1. The maximum atomic E-state index is 12.0. The first kappa shape index (κ1) is 17.3. The molecule has 0 aromatic heterocycles. The maximum Gasteiger partial charge on any atom is 0.573 e. The van der Waals surface area contributed by atoms with Gasteiger partial charge in [-0.1, -0.05) is 0 Å². The van der Waals surface area contributed by atoms with Crippen LogP contribution in [0.15, 0.2) is 24.3 Å². The Labute approximate surface area is 123 Å². The number of amides is 1. The summed E-state index contributed by atoms with van der Waals surface area (Å²) in [5.74, 6) is -1.92. The van der Waals surface area contributed by atoms with Crippen LogP contribution in [0.25, 0.3) is 0 Å². The first-order valence-electron chi connectivity index (χ1n) is 5.98. The zero-order chi connectivity index (χ0) is 16.6. The summed E-state index contributed by atoms with van der Waals surface area (Å²) >= 11 is 0. The van der Waals surface area contributed by atoms with Crippen molar-refractivity contribution < 1.29 is 32.2 Å². The number of esters is 1. The molecule has 118 valence electrons. The third-order valence-corrected chi connectivity index (χ3v) is 2.22. The third kappa shape index (κ3) is 6.60. The number of nitrogens with one attached hydrogen (secondary N) is 1. The van der Waals surface area contributed by atoms with E-state index >= 15 is 0 Å². The molecular formula is C13H11F3N2O4. The molecule has 0 saturated carbocycles. The van der Waals surface area contributed by atoms with Gasteiger partial charge < -0.3 is 14.8 Å². The molecule has 0 atom stereocenters. The summed E-state index contributed by atoms with van der Waals surface area (Å²) in [6.45, 7) is -0.415. The van der Waals surface area contributed by atoms with Crippen LogP contribution in [0.1, 0.15) is 16.8 Å². The van der Waals surface area contributed by atoms with E-state index in [-0.39, 0.29) is 18.5 Å². The highest BCUT2D eigenvalue weighted by Gasteiger charge is 2.31. The number of hydrogen-bond donors (Lipinski definition) is 1. The highest BCUT2D eigenvalue weighted by atomic mass is 19.4. The Morgan fingerprint density at radius 3 is 2.41 bits per heavy atom. The minimum absolute atomic E-state index is 0.0284. The number of alkyl halides is 3. The van der Waals surface area contributed by atoms with E-state index in [9.17, 15) is 22.8 Å². The van der Waals surface area contributed by atoms with Crippen LogP contribution in [0.4, 0.5) is 13.2 Å². The van der Waals surface area contributed by atoms with Crippen molar-refractivity contribution in [2.75, 3.05) is 13.2 Å². The van der Waals surface area contributed by atoms with E-state index in [1.807, 2.05) is 6.07 Å². The predicted molar refractivity (Wildman–Crippen MR) is 66.6 cm³/mol. The molecule has 0 aliphatic carbocycles. The Bertz CT molecular complexity index is 564. The summed E-state index contributed by atoms with van der Waals surface area (Å²) in [6.07, 6.45) is -4.69. The van der Waals surface area contributed by atoms with Crippen LogP contribution in [0, 0.1) is 11.3 Å². The molecule has 0 saturated heterocycles. The molecule has 0 aliphatic rings. The van der Waals surface area contributed by atoms with Gasteiger partial charge in [-0.25, -0.2) is 4.79 Å². The van der Waals surface area contributed by atoms with Crippen molar-refractivity contribution in [3.8, 4) is 11.8 Å². The molecule has 22 heavy (non-hydrogen) atoms. The van der Waals surface area contributed by atoms with Gasteiger partial charge in [0.05, 0.1) is 18.1 Å². The molecule has 9 heteroatoms. The van der Waals surface area contributed by atoms with E-state index < -0.39 is 30.6 Å². The molecule has 0 spiro atoms. The van der Waals surface area contributed by atoms with Crippen molar-refractivity contribution in [3.63, 3.8) is 0 Å². The molecule has 0 fully saturated rings. The van der Waals surface area contributed by atoms with E-state index in [0.717, 1.165) is 24.3 Å². The third-order valence-electron chi connectivity index (χ3n) is 2.22. The van der Waals surface area contributed by atoms with Crippen molar-refractivity contribution in [2.45, 2.75) is 12.8 Å². The molecular weight excluding hydrogens is 305 g/mol. The summed E-state index contributed by atoms with van der Waals surface area (Å²) < 4.78 is 44.2. The molecule has 6 nitrogen and oxygen atoms in total. The van der Waals surface area contributed by atoms with Gasteiger partial charge in [0.2, 0.25) is 0 Å². The van der Waals surface area contributed by atoms with Gasteiger partial charge in [0.25, 0.3) is 5.91 Å². The van der Waals surface area contributed by atoms with Gasteiger partial charge in [0.15, 0.2) is 6.61 Å². The van der Waals surface area contributed by atoms with E-state index in [4.69, 9.17) is 5.26 Å². The number of hydrogen-bond acceptors (Lipinski definition) is 5. The van der Waals surface area contributed by atoms with Crippen LogP contribution < -0.4 is 10.1 Å². The maximum absolute atomic E-state index is 12.0. The SMILES string of the molecule is N#CCCNC(=O)COC(=O)c1ccc(OC(F)(F)F)cc1. The van der Waals surface area contributed by atoms with Crippen molar-refractivity contribution >= 4 is 11.9 Å². The van der Waals surface area contributed by atoms with Crippen LogP contribution in [0.5, 0.6) is 5.75 Å². The monoisotopic (exact) mass is 316 g/mol. The number of carbonyl (C=O) groups is 2. The lowest BCUT2D eigenvalue weighted by molar-refractivity contribution is -0.274. The van der Waals surface area contributed by atoms with Gasteiger partial charge in [0, 0.05) is 6.54 Å². The fourth-order valence-electron chi connectivity index (χ4n) is 1.32. The summed E-state index contributed by atoms with van der Waals surface area (Å²) in [5.41, 5.74) is -0.0284. The van der Waals surface area contributed by atoms with Gasteiger partial charge in [-0.3, -0.25) is 4.79 Å². The molecule has 0 unspecified atom stereocenters. The van der Waals surface area contributed by atoms with Crippen LogP contribution in [-0.4, -0.2) is 31.4 Å². The Morgan fingerprint density at radius 1 is 1.23 bits per heavy atom. The van der Waals surface area contributed by atoms with Crippen LogP contribution >= 0.6 is 0 Å². The Kier molecular flexibility index (Phi) is 6.19. The van der Waals surface area contributed by atoms with Crippen molar-refractivity contribution in [1.82, 2.24) is 5.32 Å². The minimum Gasteiger partial charge on any atom is -0.452 e. The summed E-state index contributed by atoms with van der Waals surface area (Å²) in [6, 6.07) is 5.89. The van der Waals surface area contributed by atoms with Gasteiger partial charge in [-0.05, 0) is 24.3 Å². The highest BCUT2D eigenvalue weighted by molar-refractivity contribution is 5.91. The van der Waals surface area contributed by atoms with E-state index in [1.54, 1.807) is 0 Å². The second-order valence-corrected chi connectivity index (χ2v) is 3.91. The lowest BCUT2D eigenvalue weighted by Crippen LogP contribution is -2.29.